The molecule has 1 aliphatic heterocycles. The van der Waals surface area contributed by atoms with Gasteiger partial charge in [-0.15, -0.1) is 11.8 Å². The molecular formula is C23H26O5S. The Morgan fingerprint density at radius 1 is 1.10 bits per heavy atom. The largest absolute Gasteiger partial charge is 0.456 e. The molecule has 1 N–H and O–H groups in total. The Labute approximate surface area is 175 Å². The van der Waals surface area contributed by atoms with Crippen LogP contribution in [-0.2, 0) is 14.5 Å². The Morgan fingerprint density at radius 2 is 1.76 bits per heavy atom. The number of carbonyl (C=O) groups excluding carboxylic acids is 1. The number of fused-ring (bicyclic) bond motifs is 2. The lowest BCUT2D eigenvalue weighted by Gasteiger charge is -2.53. The SMILES string of the molecule is CC1(CSc2ccccc2)OO[C@H]2C[C@@H]1C[C@H](OC(=O)c1ccccc1)[C@]2(C)O. The topological polar surface area (TPSA) is 65.0 Å². The van der Waals surface area contributed by atoms with Crippen LogP contribution < -0.4 is 0 Å². The minimum Gasteiger partial charge on any atom is -0.456 e. The molecule has 6 heteroatoms. The van der Waals surface area contributed by atoms with Crippen molar-refractivity contribution in [2.45, 2.75) is 55.0 Å². The molecule has 1 saturated heterocycles. The third-order valence-electron chi connectivity index (χ3n) is 6.05. The van der Waals surface area contributed by atoms with Crippen molar-refractivity contribution in [1.82, 2.24) is 0 Å². The van der Waals surface area contributed by atoms with Crippen molar-refractivity contribution in [1.29, 1.82) is 0 Å². The van der Waals surface area contributed by atoms with Gasteiger partial charge in [0, 0.05) is 10.6 Å². The number of hydrogen-bond donors (Lipinski definition) is 1. The van der Waals surface area contributed by atoms with E-state index in [9.17, 15) is 9.90 Å². The predicted octanol–water partition coefficient (Wildman–Crippen LogP) is 4.25. The highest BCUT2D eigenvalue weighted by Gasteiger charge is 2.57. The highest BCUT2D eigenvalue weighted by Crippen LogP contribution is 2.47. The van der Waals surface area contributed by atoms with E-state index >= 15 is 0 Å². The second-order valence-corrected chi connectivity index (χ2v) is 9.29. The van der Waals surface area contributed by atoms with Gasteiger partial charge in [0.2, 0.25) is 0 Å². The van der Waals surface area contributed by atoms with Crippen LogP contribution in [0.15, 0.2) is 65.6 Å². The fourth-order valence-corrected chi connectivity index (χ4v) is 5.08. The van der Waals surface area contributed by atoms with Crippen LogP contribution in [0.2, 0.25) is 0 Å². The van der Waals surface area contributed by atoms with Crippen molar-refractivity contribution >= 4 is 17.7 Å². The van der Waals surface area contributed by atoms with Gasteiger partial charge in [-0.3, -0.25) is 0 Å². The third-order valence-corrected chi connectivity index (χ3v) is 7.37. The zero-order valence-electron chi connectivity index (χ0n) is 16.6. The first-order chi connectivity index (χ1) is 13.9. The van der Waals surface area contributed by atoms with Crippen LogP contribution in [0.25, 0.3) is 0 Å². The Bertz CT molecular complexity index is 841. The Balaban J connectivity index is 1.48. The number of rotatable bonds is 5. The van der Waals surface area contributed by atoms with Crippen molar-refractivity contribution in [3.63, 3.8) is 0 Å². The highest BCUT2D eigenvalue weighted by atomic mass is 32.2. The Kier molecular flexibility index (Phi) is 5.71. The summed E-state index contributed by atoms with van der Waals surface area (Å²) >= 11 is 1.71. The second-order valence-electron chi connectivity index (χ2n) is 8.24. The van der Waals surface area contributed by atoms with E-state index < -0.39 is 29.4 Å². The van der Waals surface area contributed by atoms with Crippen molar-refractivity contribution in [2.75, 3.05) is 5.75 Å². The van der Waals surface area contributed by atoms with Crippen LogP contribution in [0.1, 0.15) is 37.0 Å². The summed E-state index contributed by atoms with van der Waals surface area (Å²) in [5, 5.41) is 11.0. The van der Waals surface area contributed by atoms with Crippen LogP contribution in [-0.4, -0.2) is 40.2 Å². The maximum Gasteiger partial charge on any atom is 0.338 e. The van der Waals surface area contributed by atoms with E-state index in [-0.39, 0.29) is 5.92 Å². The number of aliphatic hydroxyl groups is 1. The minimum atomic E-state index is -1.31. The molecule has 4 rings (SSSR count). The molecule has 5 atom stereocenters. The molecule has 5 nitrogen and oxygen atoms in total. The maximum absolute atomic E-state index is 12.6. The number of carbonyl (C=O) groups is 1. The highest BCUT2D eigenvalue weighted by molar-refractivity contribution is 7.99. The van der Waals surface area contributed by atoms with Crippen LogP contribution in [0.5, 0.6) is 0 Å². The normalized spacial score (nSPS) is 33.8. The van der Waals surface area contributed by atoms with Crippen molar-refractivity contribution in [3.8, 4) is 0 Å². The average molecular weight is 415 g/mol. The lowest BCUT2D eigenvalue weighted by molar-refractivity contribution is -0.448. The third kappa shape index (κ3) is 4.21. The average Bonchev–Trinajstić information content (AvgIpc) is 2.74. The van der Waals surface area contributed by atoms with E-state index in [4.69, 9.17) is 14.5 Å². The van der Waals surface area contributed by atoms with Gasteiger partial charge in [-0.1, -0.05) is 36.4 Å². The van der Waals surface area contributed by atoms with Crippen LogP contribution in [0.3, 0.4) is 0 Å². The summed E-state index contributed by atoms with van der Waals surface area (Å²) in [7, 11) is 0. The molecule has 1 unspecified atom stereocenters. The maximum atomic E-state index is 12.6. The number of thioether (sulfide) groups is 1. The summed E-state index contributed by atoms with van der Waals surface area (Å²) in [4.78, 5) is 25.2. The van der Waals surface area contributed by atoms with Crippen LogP contribution in [0.4, 0.5) is 0 Å². The molecular weight excluding hydrogens is 388 g/mol. The molecule has 0 spiro atoms. The van der Waals surface area contributed by atoms with Crippen molar-refractivity contribution in [3.05, 3.63) is 66.2 Å². The fraction of sp³-hybridized carbons (Fsp3) is 0.435. The number of hydrogen-bond acceptors (Lipinski definition) is 6. The lowest BCUT2D eigenvalue weighted by Crippen LogP contribution is -2.64. The van der Waals surface area contributed by atoms with Gasteiger partial charge in [0.25, 0.3) is 0 Å². The summed E-state index contributed by atoms with van der Waals surface area (Å²) < 4.78 is 5.75. The van der Waals surface area contributed by atoms with E-state index in [1.807, 2.05) is 31.2 Å². The van der Waals surface area contributed by atoms with Gasteiger partial charge < -0.3 is 9.84 Å². The van der Waals surface area contributed by atoms with Crippen LogP contribution >= 0.6 is 11.8 Å². The van der Waals surface area contributed by atoms with Crippen LogP contribution in [0, 0.1) is 5.92 Å². The monoisotopic (exact) mass is 414 g/mol. The Morgan fingerprint density at radius 3 is 2.45 bits per heavy atom. The summed E-state index contributed by atoms with van der Waals surface area (Å²) in [5.41, 5.74) is -1.38. The number of esters is 1. The summed E-state index contributed by atoms with van der Waals surface area (Å²) in [6, 6.07) is 19.0. The van der Waals surface area contributed by atoms with Gasteiger partial charge >= 0.3 is 5.97 Å². The van der Waals surface area contributed by atoms with Gasteiger partial charge in [-0.25, -0.2) is 14.6 Å². The first kappa shape index (κ1) is 20.4. The second kappa shape index (κ2) is 8.11. The van der Waals surface area contributed by atoms with Gasteiger partial charge in [0.15, 0.2) is 0 Å². The first-order valence-electron chi connectivity index (χ1n) is 9.89. The summed E-state index contributed by atoms with van der Waals surface area (Å²) in [6.07, 6.45) is -0.0104. The molecule has 1 saturated carbocycles. The first-order valence-corrected chi connectivity index (χ1v) is 10.9. The van der Waals surface area contributed by atoms with Crippen molar-refractivity contribution < 1.29 is 24.4 Å². The fourth-order valence-electron chi connectivity index (χ4n) is 3.99. The molecule has 154 valence electrons. The summed E-state index contributed by atoms with van der Waals surface area (Å²) in [5.74, 6) is 0.374. The molecule has 2 fully saturated rings. The molecule has 1 heterocycles. The predicted molar refractivity (Wildman–Crippen MR) is 111 cm³/mol. The molecule has 0 radical (unpaired) electrons. The van der Waals surface area contributed by atoms with Gasteiger partial charge in [-0.2, -0.15) is 0 Å². The Hall–Kier alpha value is -1.86. The van der Waals surface area contributed by atoms with E-state index in [1.54, 1.807) is 43.0 Å². The quantitative estimate of drug-likeness (QED) is 0.448. The van der Waals surface area contributed by atoms with Gasteiger partial charge in [0.05, 0.1) is 5.56 Å². The standard InChI is InChI=1S/C23H26O5S/c1-22(15-29-18-11-7-4-8-12-18)17-13-19(23(2,25)20(14-17)27-28-22)26-21(24)16-9-5-3-6-10-16/h3-12,17,19-20,25H,13-15H2,1-2H3/t17-,19-,20-,22?,23-/m0/s1. The summed E-state index contributed by atoms with van der Waals surface area (Å²) in [6.45, 7) is 3.68. The van der Waals surface area contributed by atoms with E-state index in [0.29, 0.717) is 24.2 Å². The molecule has 2 aromatic rings. The molecule has 2 bridgehead atoms. The molecule has 0 aromatic heterocycles. The van der Waals surface area contributed by atoms with Gasteiger partial charge in [0.1, 0.15) is 23.4 Å². The van der Waals surface area contributed by atoms with Crippen molar-refractivity contribution in [2.24, 2.45) is 5.92 Å². The molecule has 0 amide bonds. The zero-order chi connectivity index (χ0) is 20.5. The number of ether oxygens (including phenoxy) is 1. The minimum absolute atomic E-state index is 0.103. The smallest absolute Gasteiger partial charge is 0.338 e. The van der Waals surface area contributed by atoms with E-state index in [1.165, 1.54) is 0 Å². The van der Waals surface area contributed by atoms with E-state index in [0.717, 1.165) is 4.90 Å². The van der Waals surface area contributed by atoms with E-state index in [2.05, 4.69) is 12.1 Å². The molecule has 29 heavy (non-hydrogen) atoms. The van der Waals surface area contributed by atoms with Gasteiger partial charge in [-0.05, 0) is 56.9 Å². The molecule has 2 aromatic carbocycles. The number of benzene rings is 2. The lowest BCUT2D eigenvalue weighted by atomic mass is 9.69. The molecule has 1 aliphatic carbocycles. The zero-order valence-corrected chi connectivity index (χ0v) is 17.4. The molecule has 2 aliphatic rings.